The van der Waals surface area contributed by atoms with Gasteiger partial charge in [0.15, 0.2) is 17.6 Å². The maximum Gasteiger partial charge on any atom is 0.311 e. The summed E-state index contributed by atoms with van der Waals surface area (Å²) >= 11 is 3.36. The largest absolute Gasteiger partial charge is 0.452 e. The Balaban J connectivity index is 1.86. The zero-order chi connectivity index (χ0) is 23.1. The number of hydrogen-bond donors (Lipinski definition) is 0. The molecule has 3 aromatic carbocycles. The lowest BCUT2D eigenvalue weighted by Crippen LogP contribution is -2.15. The molecule has 0 atom stereocenters. The van der Waals surface area contributed by atoms with Crippen LogP contribution in [0.25, 0.3) is 0 Å². The first-order chi connectivity index (χ1) is 15.3. The third-order valence-corrected chi connectivity index (χ3v) is 5.30. The predicted octanol–water partition coefficient (Wildman–Crippen LogP) is 5.18. The lowest BCUT2D eigenvalue weighted by molar-refractivity contribution is -0.146. The van der Waals surface area contributed by atoms with Crippen LogP contribution in [0.1, 0.15) is 36.6 Å². The fraction of sp³-hybridized carbons (Fsp3) is 0.160. The monoisotopic (exact) mass is 496 g/mol. The molecule has 0 heterocycles. The van der Waals surface area contributed by atoms with Gasteiger partial charge in [0.1, 0.15) is 0 Å². The number of carbonyl (C=O) groups excluding carboxylic acids is 3. The molecule has 32 heavy (non-hydrogen) atoms. The van der Waals surface area contributed by atoms with Gasteiger partial charge in [0.05, 0.1) is 10.9 Å². The van der Waals surface area contributed by atoms with Crippen molar-refractivity contribution in [3.8, 4) is 11.5 Å². The highest BCUT2D eigenvalue weighted by Gasteiger charge is 2.22. The molecule has 3 rings (SSSR count). The van der Waals surface area contributed by atoms with Gasteiger partial charge < -0.3 is 14.2 Å². The molecule has 0 aliphatic heterocycles. The smallest absolute Gasteiger partial charge is 0.311 e. The van der Waals surface area contributed by atoms with Crippen molar-refractivity contribution in [1.29, 1.82) is 0 Å². The Morgan fingerprint density at radius 1 is 0.781 bits per heavy atom. The van der Waals surface area contributed by atoms with E-state index in [1.54, 1.807) is 6.07 Å². The van der Waals surface area contributed by atoms with Crippen LogP contribution in [0.2, 0.25) is 0 Å². The lowest BCUT2D eigenvalue weighted by Gasteiger charge is -2.19. The minimum absolute atomic E-state index is 0.0284. The molecule has 0 aliphatic rings. The van der Waals surface area contributed by atoms with Crippen LogP contribution in [0.15, 0.2) is 77.3 Å². The van der Waals surface area contributed by atoms with E-state index < -0.39 is 24.0 Å². The number of ether oxygens (including phenoxy) is 3. The molecule has 0 unspecified atom stereocenters. The number of esters is 3. The Bertz CT molecular complexity index is 1070. The molecule has 0 aromatic heterocycles. The van der Waals surface area contributed by atoms with Crippen molar-refractivity contribution in [2.24, 2.45) is 0 Å². The molecule has 0 saturated heterocycles. The van der Waals surface area contributed by atoms with Gasteiger partial charge in [-0.2, -0.15) is 0 Å². The fourth-order valence-corrected chi connectivity index (χ4v) is 3.65. The maximum absolute atomic E-state index is 12.9. The quantitative estimate of drug-likeness (QED) is 0.331. The summed E-state index contributed by atoms with van der Waals surface area (Å²) in [5.41, 5.74) is 2.20. The molecule has 0 amide bonds. The van der Waals surface area contributed by atoms with E-state index in [1.165, 1.54) is 19.9 Å². The van der Waals surface area contributed by atoms with Gasteiger partial charge >= 0.3 is 17.9 Å². The van der Waals surface area contributed by atoms with Gasteiger partial charge in [-0.25, -0.2) is 0 Å². The molecule has 3 aromatic rings. The molecule has 6 nitrogen and oxygen atoms in total. The van der Waals surface area contributed by atoms with E-state index >= 15 is 0 Å². The first kappa shape index (κ1) is 23.2. The average molecular weight is 497 g/mol. The minimum atomic E-state index is -0.591. The standard InChI is InChI=1S/C25H21BrO6/c1-16(27)30-21-14-13-20(23(26)25(21)31-17(2)28)15-22(29)32-24(18-9-5-3-6-10-18)19-11-7-4-8-12-19/h3-14,24H,15H2,1-2H3. The van der Waals surface area contributed by atoms with Crippen LogP contribution in [0.4, 0.5) is 0 Å². The van der Waals surface area contributed by atoms with Gasteiger partial charge in [-0.1, -0.05) is 66.7 Å². The molecule has 164 valence electrons. The fourth-order valence-electron chi connectivity index (χ4n) is 3.10. The zero-order valence-electron chi connectivity index (χ0n) is 17.5. The average Bonchev–Trinajstić information content (AvgIpc) is 2.77. The van der Waals surface area contributed by atoms with E-state index in [0.29, 0.717) is 10.0 Å². The van der Waals surface area contributed by atoms with E-state index in [9.17, 15) is 14.4 Å². The van der Waals surface area contributed by atoms with Crippen molar-refractivity contribution in [2.45, 2.75) is 26.4 Å². The van der Waals surface area contributed by atoms with Crippen LogP contribution in [0, 0.1) is 0 Å². The predicted molar refractivity (Wildman–Crippen MR) is 121 cm³/mol. The van der Waals surface area contributed by atoms with Crippen LogP contribution >= 0.6 is 15.9 Å². The van der Waals surface area contributed by atoms with Crippen LogP contribution in [-0.2, 0) is 25.5 Å². The van der Waals surface area contributed by atoms with Gasteiger partial charge in [0.25, 0.3) is 0 Å². The number of rotatable bonds is 7. The van der Waals surface area contributed by atoms with Crippen molar-refractivity contribution < 1.29 is 28.6 Å². The Hall–Kier alpha value is -3.45. The normalized spacial score (nSPS) is 10.5. The molecule has 0 saturated carbocycles. The second-order valence-electron chi connectivity index (χ2n) is 6.92. The van der Waals surface area contributed by atoms with Gasteiger partial charge in [0.2, 0.25) is 0 Å². The first-order valence-corrected chi connectivity index (χ1v) is 10.6. The van der Waals surface area contributed by atoms with Gasteiger partial charge in [0, 0.05) is 13.8 Å². The number of carbonyl (C=O) groups is 3. The van der Waals surface area contributed by atoms with Crippen molar-refractivity contribution in [3.63, 3.8) is 0 Å². The van der Waals surface area contributed by atoms with Gasteiger partial charge in [-0.15, -0.1) is 0 Å². The van der Waals surface area contributed by atoms with Crippen LogP contribution in [-0.4, -0.2) is 17.9 Å². The molecule has 0 aliphatic carbocycles. The van der Waals surface area contributed by atoms with Gasteiger partial charge in [-0.3, -0.25) is 14.4 Å². The SMILES string of the molecule is CC(=O)Oc1ccc(CC(=O)OC(c2ccccc2)c2ccccc2)c(Br)c1OC(C)=O. The van der Waals surface area contributed by atoms with E-state index in [1.807, 2.05) is 60.7 Å². The zero-order valence-corrected chi connectivity index (χ0v) is 19.1. The minimum Gasteiger partial charge on any atom is -0.452 e. The Morgan fingerprint density at radius 2 is 1.31 bits per heavy atom. The van der Waals surface area contributed by atoms with Crippen molar-refractivity contribution in [3.05, 3.63) is 94.0 Å². The molecule has 7 heteroatoms. The summed E-state index contributed by atoms with van der Waals surface area (Å²) in [7, 11) is 0. The Kier molecular flexibility index (Phi) is 7.78. The number of halogens is 1. The van der Waals surface area contributed by atoms with Crippen molar-refractivity contribution in [1.82, 2.24) is 0 Å². The second-order valence-corrected chi connectivity index (χ2v) is 7.71. The maximum atomic E-state index is 12.9. The number of hydrogen-bond acceptors (Lipinski definition) is 6. The molecule has 0 spiro atoms. The van der Waals surface area contributed by atoms with Crippen molar-refractivity contribution >= 4 is 33.8 Å². The topological polar surface area (TPSA) is 78.9 Å². The summed E-state index contributed by atoms with van der Waals surface area (Å²) in [6, 6.07) is 22.0. The van der Waals surface area contributed by atoms with Crippen LogP contribution in [0.3, 0.4) is 0 Å². The molecule has 0 radical (unpaired) electrons. The Morgan fingerprint density at radius 3 is 1.81 bits per heavy atom. The van der Waals surface area contributed by atoms with E-state index in [0.717, 1.165) is 11.1 Å². The molecular weight excluding hydrogens is 476 g/mol. The van der Waals surface area contributed by atoms with E-state index in [4.69, 9.17) is 14.2 Å². The summed E-state index contributed by atoms with van der Waals surface area (Å²) in [5.74, 6) is -1.53. The summed E-state index contributed by atoms with van der Waals surface area (Å²) < 4.78 is 16.5. The summed E-state index contributed by atoms with van der Waals surface area (Å²) in [6.07, 6.45) is -0.664. The van der Waals surface area contributed by atoms with Crippen LogP contribution < -0.4 is 9.47 Å². The summed E-state index contributed by atoms with van der Waals surface area (Å²) in [4.78, 5) is 35.8. The summed E-state index contributed by atoms with van der Waals surface area (Å²) in [5, 5.41) is 0. The highest BCUT2D eigenvalue weighted by atomic mass is 79.9. The molecule has 0 bridgehead atoms. The third-order valence-electron chi connectivity index (χ3n) is 4.43. The first-order valence-electron chi connectivity index (χ1n) is 9.82. The lowest BCUT2D eigenvalue weighted by atomic mass is 10.0. The van der Waals surface area contributed by atoms with Gasteiger partial charge in [-0.05, 0) is 38.7 Å². The summed E-state index contributed by atoms with van der Waals surface area (Å²) in [6.45, 7) is 2.47. The molecular formula is C25H21BrO6. The number of benzene rings is 3. The third kappa shape index (κ3) is 6.04. The van der Waals surface area contributed by atoms with E-state index in [-0.39, 0.29) is 17.9 Å². The van der Waals surface area contributed by atoms with Crippen molar-refractivity contribution in [2.75, 3.05) is 0 Å². The Labute approximate surface area is 194 Å². The van der Waals surface area contributed by atoms with E-state index in [2.05, 4.69) is 15.9 Å². The second kappa shape index (κ2) is 10.7. The molecule has 0 N–H and O–H groups in total. The highest BCUT2D eigenvalue weighted by molar-refractivity contribution is 9.10. The van der Waals surface area contributed by atoms with Crippen LogP contribution in [0.5, 0.6) is 11.5 Å². The molecule has 0 fully saturated rings. The highest BCUT2D eigenvalue weighted by Crippen LogP contribution is 2.39.